The highest BCUT2D eigenvalue weighted by molar-refractivity contribution is 7.89. The lowest BCUT2D eigenvalue weighted by molar-refractivity contribution is 0.515. The SMILES string of the molecule is O=S(=O)(NCC#Cc1ccc(F)cc1)c1c(F)cccc1F. The molecule has 2 aromatic rings. The normalized spacial score (nSPS) is 10.9. The monoisotopic (exact) mass is 325 g/mol. The first-order valence-electron chi connectivity index (χ1n) is 6.08. The van der Waals surface area contributed by atoms with Crippen LogP contribution in [-0.2, 0) is 10.0 Å². The average molecular weight is 325 g/mol. The number of rotatable bonds is 3. The summed E-state index contributed by atoms with van der Waals surface area (Å²) in [7, 11) is -4.35. The molecule has 114 valence electrons. The van der Waals surface area contributed by atoms with Crippen molar-refractivity contribution < 1.29 is 21.6 Å². The average Bonchev–Trinajstić information content (AvgIpc) is 2.45. The summed E-state index contributed by atoms with van der Waals surface area (Å²) in [4.78, 5) is -1.04. The zero-order valence-electron chi connectivity index (χ0n) is 11.1. The van der Waals surface area contributed by atoms with Crippen LogP contribution in [0, 0.1) is 29.3 Å². The van der Waals surface area contributed by atoms with Gasteiger partial charge in [0, 0.05) is 5.56 Å². The molecule has 0 saturated carbocycles. The van der Waals surface area contributed by atoms with Crippen LogP contribution in [0.5, 0.6) is 0 Å². The van der Waals surface area contributed by atoms with Crippen LogP contribution in [0.1, 0.15) is 5.56 Å². The maximum Gasteiger partial charge on any atom is 0.247 e. The quantitative estimate of drug-likeness (QED) is 0.881. The van der Waals surface area contributed by atoms with E-state index in [2.05, 4.69) is 11.8 Å². The third kappa shape index (κ3) is 3.87. The van der Waals surface area contributed by atoms with Crippen LogP contribution in [-0.4, -0.2) is 15.0 Å². The van der Waals surface area contributed by atoms with E-state index in [0.717, 1.165) is 18.2 Å². The molecule has 0 unspecified atom stereocenters. The van der Waals surface area contributed by atoms with E-state index in [0.29, 0.717) is 5.56 Å². The lowest BCUT2D eigenvalue weighted by Crippen LogP contribution is -2.26. The van der Waals surface area contributed by atoms with Gasteiger partial charge in [-0.05, 0) is 36.4 Å². The Hall–Kier alpha value is -2.30. The van der Waals surface area contributed by atoms with Gasteiger partial charge in [-0.1, -0.05) is 17.9 Å². The van der Waals surface area contributed by atoms with Crippen LogP contribution in [0.25, 0.3) is 0 Å². The Labute approximate surface area is 125 Å². The van der Waals surface area contributed by atoms with Gasteiger partial charge in [-0.2, -0.15) is 4.72 Å². The fourth-order valence-corrected chi connectivity index (χ4v) is 2.68. The number of sulfonamides is 1. The van der Waals surface area contributed by atoms with E-state index < -0.39 is 32.4 Å². The van der Waals surface area contributed by atoms with E-state index >= 15 is 0 Å². The Morgan fingerprint density at radius 2 is 1.55 bits per heavy atom. The molecular formula is C15H10F3NO2S. The summed E-state index contributed by atoms with van der Waals surface area (Å²) in [5.41, 5.74) is 0.484. The molecule has 0 radical (unpaired) electrons. The summed E-state index contributed by atoms with van der Waals surface area (Å²) in [5, 5.41) is 0. The molecule has 0 atom stereocenters. The van der Waals surface area contributed by atoms with Crippen molar-refractivity contribution in [3.05, 3.63) is 65.5 Å². The van der Waals surface area contributed by atoms with Crippen molar-refractivity contribution in [1.29, 1.82) is 0 Å². The molecule has 2 rings (SSSR count). The first kappa shape index (κ1) is 16.1. The van der Waals surface area contributed by atoms with Crippen molar-refractivity contribution in [3.8, 4) is 11.8 Å². The van der Waals surface area contributed by atoms with Crippen molar-refractivity contribution in [3.63, 3.8) is 0 Å². The van der Waals surface area contributed by atoms with Gasteiger partial charge in [-0.3, -0.25) is 0 Å². The first-order chi connectivity index (χ1) is 10.4. The Bertz CT molecular complexity index is 817. The Balaban J connectivity index is 2.10. The van der Waals surface area contributed by atoms with Crippen molar-refractivity contribution in [2.24, 2.45) is 0 Å². The highest BCUT2D eigenvalue weighted by atomic mass is 32.2. The molecule has 0 saturated heterocycles. The van der Waals surface area contributed by atoms with E-state index in [-0.39, 0.29) is 6.54 Å². The maximum atomic E-state index is 13.4. The Morgan fingerprint density at radius 3 is 2.14 bits per heavy atom. The fourth-order valence-electron chi connectivity index (χ4n) is 1.62. The minimum absolute atomic E-state index is 0.340. The Morgan fingerprint density at radius 1 is 0.955 bits per heavy atom. The van der Waals surface area contributed by atoms with Gasteiger partial charge in [0.1, 0.15) is 17.5 Å². The molecule has 0 spiro atoms. The van der Waals surface area contributed by atoms with E-state index in [9.17, 15) is 21.6 Å². The van der Waals surface area contributed by atoms with Gasteiger partial charge in [-0.15, -0.1) is 0 Å². The van der Waals surface area contributed by atoms with Crippen LogP contribution < -0.4 is 4.72 Å². The zero-order chi connectivity index (χ0) is 16.2. The van der Waals surface area contributed by atoms with Gasteiger partial charge in [-0.25, -0.2) is 21.6 Å². The topological polar surface area (TPSA) is 46.2 Å². The predicted molar refractivity (Wildman–Crippen MR) is 74.8 cm³/mol. The van der Waals surface area contributed by atoms with Crippen LogP contribution in [0.4, 0.5) is 13.2 Å². The van der Waals surface area contributed by atoms with Crippen LogP contribution >= 0.6 is 0 Å². The minimum atomic E-state index is -4.35. The molecule has 7 heteroatoms. The van der Waals surface area contributed by atoms with Crippen molar-refractivity contribution in [2.75, 3.05) is 6.54 Å². The third-order valence-electron chi connectivity index (χ3n) is 2.62. The fraction of sp³-hybridized carbons (Fsp3) is 0.0667. The number of halogens is 3. The number of hydrogen-bond donors (Lipinski definition) is 1. The summed E-state index contributed by atoms with van der Waals surface area (Å²) in [6.45, 7) is -0.340. The van der Waals surface area contributed by atoms with E-state index in [1.165, 1.54) is 24.3 Å². The largest absolute Gasteiger partial charge is 0.247 e. The van der Waals surface area contributed by atoms with Gasteiger partial charge >= 0.3 is 0 Å². The molecule has 1 N–H and O–H groups in total. The van der Waals surface area contributed by atoms with Crippen molar-refractivity contribution >= 4 is 10.0 Å². The second-order valence-electron chi connectivity index (χ2n) is 4.18. The van der Waals surface area contributed by atoms with Crippen LogP contribution in [0.2, 0.25) is 0 Å². The molecule has 0 heterocycles. The minimum Gasteiger partial charge on any atom is -0.207 e. The maximum absolute atomic E-state index is 13.4. The molecule has 0 fully saturated rings. The van der Waals surface area contributed by atoms with Gasteiger partial charge in [0.15, 0.2) is 4.90 Å². The van der Waals surface area contributed by atoms with E-state index in [1.54, 1.807) is 0 Å². The molecule has 0 aliphatic rings. The smallest absolute Gasteiger partial charge is 0.207 e. The summed E-state index contributed by atoms with van der Waals surface area (Å²) < 4.78 is 65.2. The molecule has 0 aliphatic heterocycles. The van der Waals surface area contributed by atoms with Crippen LogP contribution in [0.15, 0.2) is 47.4 Å². The van der Waals surface area contributed by atoms with Crippen LogP contribution in [0.3, 0.4) is 0 Å². The molecule has 0 aliphatic carbocycles. The molecule has 3 nitrogen and oxygen atoms in total. The summed E-state index contributed by atoms with van der Waals surface area (Å²) in [5.74, 6) is 2.29. The number of nitrogens with one attached hydrogen (secondary N) is 1. The second kappa shape index (κ2) is 6.64. The second-order valence-corrected chi connectivity index (χ2v) is 5.89. The molecular weight excluding hydrogens is 315 g/mol. The van der Waals surface area contributed by atoms with Gasteiger partial charge in [0.05, 0.1) is 6.54 Å². The highest BCUT2D eigenvalue weighted by Gasteiger charge is 2.22. The predicted octanol–water partition coefficient (Wildman–Crippen LogP) is 2.43. The summed E-state index contributed by atoms with van der Waals surface area (Å²) in [6.07, 6.45) is 0. The standard InChI is InChI=1S/C15H10F3NO2S/c16-12-8-6-11(7-9-12)3-2-10-19-22(20,21)15-13(17)4-1-5-14(15)18/h1,4-9,19H,10H2. The Kier molecular flexibility index (Phi) is 4.85. The number of hydrogen-bond acceptors (Lipinski definition) is 2. The van der Waals surface area contributed by atoms with Gasteiger partial charge in [0.25, 0.3) is 0 Å². The lowest BCUT2D eigenvalue weighted by atomic mass is 10.2. The summed E-state index contributed by atoms with van der Waals surface area (Å²) >= 11 is 0. The molecule has 2 aromatic carbocycles. The number of benzene rings is 2. The van der Waals surface area contributed by atoms with Gasteiger partial charge < -0.3 is 0 Å². The zero-order valence-corrected chi connectivity index (χ0v) is 11.9. The summed E-state index contributed by atoms with van der Waals surface area (Å²) in [6, 6.07) is 8.04. The molecule has 22 heavy (non-hydrogen) atoms. The molecule has 0 bridgehead atoms. The lowest BCUT2D eigenvalue weighted by Gasteiger charge is -2.05. The van der Waals surface area contributed by atoms with E-state index in [4.69, 9.17) is 0 Å². The molecule has 0 aromatic heterocycles. The highest BCUT2D eigenvalue weighted by Crippen LogP contribution is 2.17. The van der Waals surface area contributed by atoms with E-state index in [1.807, 2.05) is 4.72 Å². The van der Waals surface area contributed by atoms with Gasteiger partial charge in [0.2, 0.25) is 10.0 Å². The third-order valence-corrected chi connectivity index (χ3v) is 4.07. The van der Waals surface area contributed by atoms with Crippen molar-refractivity contribution in [2.45, 2.75) is 4.90 Å². The first-order valence-corrected chi connectivity index (χ1v) is 7.56. The van der Waals surface area contributed by atoms with Crippen molar-refractivity contribution in [1.82, 2.24) is 4.72 Å². The molecule has 0 amide bonds.